The summed E-state index contributed by atoms with van der Waals surface area (Å²) in [5.41, 5.74) is 18.6. The summed E-state index contributed by atoms with van der Waals surface area (Å²) in [4.78, 5) is 8.81. The van der Waals surface area contributed by atoms with Gasteiger partial charge in [0.05, 0.1) is 5.41 Å². The molecular formula is C59H60N4. The van der Waals surface area contributed by atoms with Gasteiger partial charge in [-0.1, -0.05) is 146 Å². The molecule has 0 N–H and O–H groups in total. The summed E-state index contributed by atoms with van der Waals surface area (Å²) in [7, 11) is 12.5. The van der Waals surface area contributed by atoms with Crippen LogP contribution in [-0.2, 0) is 5.41 Å². The van der Waals surface area contributed by atoms with Gasteiger partial charge in [-0.15, -0.1) is 0 Å². The fourth-order valence-electron chi connectivity index (χ4n) is 8.96. The zero-order valence-corrected chi connectivity index (χ0v) is 38.2. The molecule has 0 bridgehead atoms. The molecule has 8 aromatic carbocycles. The summed E-state index contributed by atoms with van der Waals surface area (Å²) in [6.07, 6.45) is 0. The van der Waals surface area contributed by atoms with Gasteiger partial charge in [0.1, 0.15) is 0 Å². The van der Waals surface area contributed by atoms with Crippen molar-refractivity contribution in [1.82, 2.24) is 0 Å². The Hall–Kier alpha value is -7.04. The Labute approximate surface area is 376 Å². The van der Waals surface area contributed by atoms with Crippen LogP contribution in [0.1, 0.15) is 36.1 Å². The molecule has 0 saturated heterocycles. The molecule has 0 heterocycles. The molecule has 0 unspecified atom stereocenters. The topological polar surface area (TPSA) is 13.0 Å². The highest BCUT2D eigenvalue weighted by Crippen LogP contribution is 2.47. The highest BCUT2D eigenvalue weighted by molar-refractivity contribution is 5.74. The fourth-order valence-corrected chi connectivity index (χ4v) is 8.96. The number of nitrogens with zero attached hydrogens (tertiary/aromatic N) is 4. The molecule has 0 amide bonds. The van der Waals surface area contributed by atoms with E-state index in [1.165, 1.54) is 89.5 Å². The quantitative estimate of drug-likeness (QED) is 0.101. The second-order valence-corrected chi connectivity index (χ2v) is 17.1. The van der Waals surface area contributed by atoms with E-state index in [1.54, 1.807) is 0 Å². The van der Waals surface area contributed by atoms with Crippen molar-refractivity contribution < 1.29 is 0 Å². The maximum Gasteiger partial charge on any atom is 0.0701 e. The van der Waals surface area contributed by atoms with Crippen LogP contribution in [-0.4, -0.2) is 55.4 Å². The van der Waals surface area contributed by atoms with Crippen molar-refractivity contribution in [1.29, 1.82) is 0 Å². The van der Waals surface area contributed by atoms with Crippen molar-refractivity contribution in [3.05, 3.63) is 216 Å². The van der Waals surface area contributed by atoms with Gasteiger partial charge in [0.25, 0.3) is 0 Å². The van der Waals surface area contributed by atoms with Crippen molar-refractivity contribution in [3.8, 4) is 44.5 Å². The molecule has 0 radical (unpaired) electrons. The van der Waals surface area contributed by atoms with E-state index in [1.807, 2.05) is 0 Å². The Morgan fingerprint density at radius 3 is 0.603 bits per heavy atom. The standard InChI is InChI=1S/C59H60N4/c1-9-63(10-2)58-41-25-50(26-42-58)46-17-33-54(34-18-46)59(51-27-11-43(12-28-51)47-19-35-55(36-20-47)60(3)4,52-29-13-44(14-30-52)48-21-37-56(38-22-48)61(5)6)53-31-15-45(16-32-53)49-23-39-57(40-24-49)62(7)8/h11-42H,9-10H2,1-8H3. The van der Waals surface area contributed by atoms with Crippen LogP contribution >= 0.6 is 0 Å². The first-order chi connectivity index (χ1) is 30.6. The van der Waals surface area contributed by atoms with Crippen molar-refractivity contribution >= 4 is 22.7 Å². The van der Waals surface area contributed by atoms with Crippen LogP contribution in [0.15, 0.2) is 194 Å². The minimum atomic E-state index is -0.640. The van der Waals surface area contributed by atoms with Crippen LogP contribution in [0.5, 0.6) is 0 Å². The Morgan fingerprint density at radius 2 is 0.429 bits per heavy atom. The van der Waals surface area contributed by atoms with Crippen LogP contribution < -0.4 is 19.6 Å². The average Bonchev–Trinajstić information content (AvgIpc) is 3.33. The van der Waals surface area contributed by atoms with Crippen LogP contribution in [0.4, 0.5) is 22.7 Å². The number of hydrogen-bond acceptors (Lipinski definition) is 4. The second-order valence-electron chi connectivity index (χ2n) is 17.1. The molecule has 0 fully saturated rings. The Kier molecular flexibility index (Phi) is 12.5. The molecule has 316 valence electrons. The minimum Gasteiger partial charge on any atom is -0.378 e. The van der Waals surface area contributed by atoms with Gasteiger partial charge in [0.15, 0.2) is 0 Å². The largest absolute Gasteiger partial charge is 0.378 e. The molecule has 0 saturated carbocycles. The molecular weight excluding hydrogens is 765 g/mol. The summed E-state index contributed by atoms with van der Waals surface area (Å²) in [5, 5.41) is 0. The van der Waals surface area contributed by atoms with E-state index in [0.717, 1.165) is 13.1 Å². The van der Waals surface area contributed by atoms with Crippen molar-refractivity contribution in [2.45, 2.75) is 19.3 Å². The third kappa shape index (κ3) is 8.72. The number of hydrogen-bond donors (Lipinski definition) is 0. The Balaban J connectivity index is 1.29. The summed E-state index contributed by atoms with van der Waals surface area (Å²) in [6, 6.07) is 72.6. The normalized spacial score (nSPS) is 11.3. The predicted octanol–water partition coefficient (Wildman–Crippen LogP) is 13.8. The Bertz CT molecular complexity index is 2460. The number of anilines is 4. The van der Waals surface area contributed by atoms with Gasteiger partial charge in [0, 0.05) is 78.1 Å². The second kappa shape index (κ2) is 18.5. The Morgan fingerprint density at radius 1 is 0.254 bits per heavy atom. The molecule has 0 aliphatic heterocycles. The third-order valence-corrected chi connectivity index (χ3v) is 12.8. The van der Waals surface area contributed by atoms with Crippen LogP contribution in [0.3, 0.4) is 0 Å². The van der Waals surface area contributed by atoms with E-state index in [9.17, 15) is 0 Å². The number of rotatable bonds is 14. The molecule has 0 aromatic heterocycles. The fraction of sp³-hybridized carbons (Fsp3) is 0.186. The van der Waals surface area contributed by atoms with Gasteiger partial charge in [-0.3, -0.25) is 0 Å². The summed E-state index contributed by atoms with van der Waals surface area (Å²) < 4.78 is 0. The van der Waals surface area contributed by atoms with Crippen molar-refractivity contribution in [2.75, 3.05) is 75.0 Å². The van der Waals surface area contributed by atoms with E-state index in [0.29, 0.717) is 0 Å². The molecule has 4 nitrogen and oxygen atoms in total. The van der Waals surface area contributed by atoms with Gasteiger partial charge in [-0.2, -0.15) is 0 Å². The highest BCUT2D eigenvalue weighted by Gasteiger charge is 2.38. The smallest absolute Gasteiger partial charge is 0.0701 e. The lowest BCUT2D eigenvalue weighted by atomic mass is 9.64. The van der Waals surface area contributed by atoms with Gasteiger partial charge in [0.2, 0.25) is 0 Å². The summed E-state index contributed by atoms with van der Waals surface area (Å²) in [6.45, 7) is 6.41. The van der Waals surface area contributed by atoms with Gasteiger partial charge < -0.3 is 19.6 Å². The predicted molar refractivity (Wildman–Crippen MR) is 273 cm³/mol. The molecule has 63 heavy (non-hydrogen) atoms. The van der Waals surface area contributed by atoms with Crippen molar-refractivity contribution in [2.24, 2.45) is 0 Å². The van der Waals surface area contributed by atoms with E-state index < -0.39 is 5.41 Å². The highest BCUT2D eigenvalue weighted by atomic mass is 15.1. The maximum absolute atomic E-state index is 2.39. The first-order valence-corrected chi connectivity index (χ1v) is 22.2. The lowest BCUT2D eigenvalue weighted by Gasteiger charge is -2.37. The average molecular weight is 825 g/mol. The third-order valence-electron chi connectivity index (χ3n) is 12.8. The summed E-state index contributed by atoms with van der Waals surface area (Å²) in [5.74, 6) is 0. The zero-order valence-electron chi connectivity index (χ0n) is 38.2. The van der Waals surface area contributed by atoms with Crippen LogP contribution in [0.25, 0.3) is 44.5 Å². The van der Waals surface area contributed by atoms with Gasteiger partial charge in [-0.05, 0) is 129 Å². The molecule has 0 aliphatic rings. The molecule has 0 spiro atoms. The van der Waals surface area contributed by atoms with Crippen LogP contribution in [0.2, 0.25) is 0 Å². The molecule has 8 aromatic rings. The van der Waals surface area contributed by atoms with Crippen LogP contribution in [0, 0.1) is 0 Å². The summed E-state index contributed by atoms with van der Waals surface area (Å²) >= 11 is 0. The zero-order chi connectivity index (χ0) is 44.1. The molecule has 4 heteroatoms. The maximum atomic E-state index is 2.39. The first kappa shape index (κ1) is 42.6. The lowest BCUT2D eigenvalue weighted by molar-refractivity contribution is 0.745. The van der Waals surface area contributed by atoms with Gasteiger partial charge >= 0.3 is 0 Å². The van der Waals surface area contributed by atoms with E-state index in [-0.39, 0.29) is 0 Å². The lowest BCUT2D eigenvalue weighted by Crippen LogP contribution is -2.31. The van der Waals surface area contributed by atoms with Crippen molar-refractivity contribution in [3.63, 3.8) is 0 Å². The van der Waals surface area contributed by atoms with E-state index in [4.69, 9.17) is 0 Å². The number of benzene rings is 8. The molecule has 0 atom stereocenters. The SMILES string of the molecule is CCN(CC)c1ccc(-c2ccc(C(c3ccc(-c4ccc(N(C)C)cc4)cc3)(c3ccc(-c4ccc(N(C)C)cc4)cc3)c3ccc(-c4ccc(N(C)C)cc4)cc3)cc2)cc1. The first-order valence-electron chi connectivity index (χ1n) is 22.2. The minimum absolute atomic E-state index is 0.640. The monoisotopic (exact) mass is 824 g/mol. The van der Waals surface area contributed by atoms with E-state index in [2.05, 4.69) is 270 Å². The van der Waals surface area contributed by atoms with Gasteiger partial charge in [-0.25, -0.2) is 0 Å². The van der Waals surface area contributed by atoms with E-state index >= 15 is 0 Å². The molecule has 8 rings (SSSR count). The molecule has 0 aliphatic carbocycles.